The standard InChI is InChI=1S/C16H21N5O/c1-12(17)13-5-7-20(8-6-13)16(22)14-3-2-4-15(9-14)21-11-18-10-19-21/h2-4,9-13H,5-8,17H2,1H3. The van der Waals surface area contributed by atoms with Crippen LogP contribution in [0.25, 0.3) is 5.69 Å². The van der Waals surface area contributed by atoms with Crippen LogP contribution in [-0.2, 0) is 0 Å². The van der Waals surface area contributed by atoms with Gasteiger partial charge in [-0.25, -0.2) is 9.67 Å². The maximum absolute atomic E-state index is 12.6. The summed E-state index contributed by atoms with van der Waals surface area (Å²) in [5.41, 5.74) is 7.48. The fourth-order valence-corrected chi connectivity index (χ4v) is 2.93. The van der Waals surface area contributed by atoms with Crippen LogP contribution in [0.1, 0.15) is 30.1 Å². The maximum atomic E-state index is 12.6. The lowest BCUT2D eigenvalue weighted by molar-refractivity contribution is 0.0681. The number of rotatable bonds is 3. The third kappa shape index (κ3) is 3.01. The van der Waals surface area contributed by atoms with Gasteiger partial charge < -0.3 is 10.6 Å². The topological polar surface area (TPSA) is 77.0 Å². The Morgan fingerprint density at radius 3 is 2.77 bits per heavy atom. The molecule has 1 amide bonds. The van der Waals surface area contributed by atoms with Crippen LogP contribution in [0.3, 0.4) is 0 Å². The maximum Gasteiger partial charge on any atom is 0.253 e. The van der Waals surface area contributed by atoms with Crippen LogP contribution in [0.15, 0.2) is 36.9 Å². The lowest BCUT2D eigenvalue weighted by Crippen LogP contribution is -2.42. The van der Waals surface area contributed by atoms with Crippen LogP contribution >= 0.6 is 0 Å². The largest absolute Gasteiger partial charge is 0.339 e. The molecular weight excluding hydrogens is 278 g/mol. The molecule has 2 aromatic rings. The van der Waals surface area contributed by atoms with Crippen molar-refractivity contribution in [2.45, 2.75) is 25.8 Å². The minimum atomic E-state index is 0.0742. The van der Waals surface area contributed by atoms with E-state index in [-0.39, 0.29) is 11.9 Å². The molecule has 3 rings (SSSR count). The van der Waals surface area contributed by atoms with E-state index in [9.17, 15) is 4.79 Å². The average Bonchev–Trinajstić information content (AvgIpc) is 3.09. The third-order valence-corrected chi connectivity index (χ3v) is 4.35. The number of nitrogens with two attached hydrogens (primary N) is 1. The first-order chi connectivity index (χ1) is 10.6. The molecule has 0 saturated carbocycles. The molecule has 22 heavy (non-hydrogen) atoms. The lowest BCUT2D eigenvalue weighted by Gasteiger charge is -2.33. The Hall–Kier alpha value is -2.21. The summed E-state index contributed by atoms with van der Waals surface area (Å²) in [6.45, 7) is 3.60. The molecule has 1 unspecified atom stereocenters. The van der Waals surface area contributed by atoms with Crippen LogP contribution in [0.2, 0.25) is 0 Å². The summed E-state index contributed by atoms with van der Waals surface area (Å²) < 4.78 is 1.65. The van der Waals surface area contributed by atoms with Crippen molar-refractivity contribution in [2.75, 3.05) is 13.1 Å². The number of piperidine rings is 1. The number of likely N-dealkylation sites (tertiary alicyclic amines) is 1. The highest BCUT2D eigenvalue weighted by molar-refractivity contribution is 5.94. The molecule has 0 bridgehead atoms. The summed E-state index contributed by atoms with van der Waals surface area (Å²) in [5.74, 6) is 0.593. The fourth-order valence-electron chi connectivity index (χ4n) is 2.93. The van der Waals surface area contributed by atoms with Crippen LogP contribution in [-0.4, -0.2) is 44.7 Å². The van der Waals surface area contributed by atoms with Crippen molar-refractivity contribution in [3.8, 4) is 5.69 Å². The molecule has 6 nitrogen and oxygen atoms in total. The Morgan fingerprint density at radius 2 is 2.14 bits per heavy atom. The number of carbonyl (C=O) groups excluding carboxylic acids is 1. The molecule has 0 radical (unpaired) electrons. The summed E-state index contributed by atoms with van der Waals surface area (Å²) in [7, 11) is 0. The quantitative estimate of drug-likeness (QED) is 0.931. The van der Waals surface area contributed by atoms with Crippen LogP contribution in [0.5, 0.6) is 0 Å². The van der Waals surface area contributed by atoms with Gasteiger partial charge in [0.15, 0.2) is 0 Å². The minimum absolute atomic E-state index is 0.0742. The molecule has 0 aliphatic carbocycles. The summed E-state index contributed by atoms with van der Waals surface area (Å²) in [4.78, 5) is 18.5. The van der Waals surface area contributed by atoms with E-state index in [1.165, 1.54) is 6.33 Å². The molecule has 0 spiro atoms. The van der Waals surface area contributed by atoms with Gasteiger partial charge in [-0.15, -0.1) is 0 Å². The van der Waals surface area contributed by atoms with Gasteiger partial charge in [0.05, 0.1) is 5.69 Å². The number of aromatic nitrogens is 3. The molecule has 2 heterocycles. The number of benzene rings is 1. The van der Waals surface area contributed by atoms with Crippen LogP contribution < -0.4 is 5.73 Å². The number of carbonyl (C=O) groups is 1. The van der Waals surface area contributed by atoms with Gasteiger partial charge in [0.25, 0.3) is 5.91 Å². The Kier molecular flexibility index (Phi) is 4.20. The molecule has 116 valence electrons. The molecule has 1 aromatic heterocycles. The predicted octanol–water partition coefficient (Wildman–Crippen LogP) is 1.47. The Balaban J connectivity index is 1.72. The van der Waals surface area contributed by atoms with E-state index >= 15 is 0 Å². The van der Waals surface area contributed by atoms with E-state index in [2.05, 4.69) is 10.1 Å². The lowest BCUT2D eigenvalue weighted by atomic mass is 9.90. The minimum Gasteiger partial charge on any atom is -0.339 e. The monoisotopic (exact) mass is 299 g/mol. The second kappa shape index (κ2) is 6.27. The van der Waals surface area contributed by atoms with Crippen molar-refractivity contribution in [1.82, 2.24) is 19.7 Å². The number of hydrogen-bond acceptors (Lipinski definition) is 4. The average molecular weight is 299 g/mol. The van der Waals surface area contributed by atoms with Gasteiger partial charge in [-0.05, 0) is 43.9 Å². The van der Waals surface area contributed by atoms with Gasteiger partial charge in [0.2, 0.25) is 0 Å². The van der Waals surface area contributed by atoms with Gasteiger partial charge in [-0.2, -0.15) is 5.10 Å². The Morgan fingerprint density at radius 1 is 1.36 bits per heavy atom. The van der Waals surface area contributed by atoms with Crippen molar-refractivity contribution in [3.63, 3.8) is 0 Å². The van der Waals surface area contributed by atoms with E-state index in [0.29, 0.717) is 11.5 Å². The molecule has 1 aliphatic rings. The number of hydrogen-bond donors (Lipinski definition) is 1. The second-order valence-electron chi connectivity index (χ2n) is 5.88. The zero-order valence-corrected chi connectivity index (χ0v) is 12.7. The van der Waals surface area contributed by atoms with E-state index < -0.39 is 0 Å². The molecule has 1 atom stereocenters. The Bertz CT molecular complexity index is 630. The van der Waals surface area contributed by atoms with Gasteiger partial charge >= 0.3 is 0 Å². The van der Waals surface area contributed by atoms with Gasteiger partial charge in [-0.1, -0.05) is 6.07 Å². The molecule has 1 aromatic carbocycles. The highest BCUT2D eigenvalue weighted by atomic mass is 16.2. The van der Waals surface area contributed by atoms with Gasteiger partial charge in [0.1, 0.15) is 12.7 Å². The second-order valence-corrected chi connectivity index (χ2v) is 5.88. The van der Waals surface area contributed by atoms with E-state index in [0.717, 1.165) is 31.6 Å². The molecule has 1 aliphatic heterocycles. The highest BCUT2D eigenvalue weighted by Crippen LogP contribution is 2.21. The highest BCUT2D eigenvalue weighted by Gasteiger charge is 2.25. The third-order valence-electron chi connectivity index (χ3n) is 4.35. The first kappa shape index (κ1) is 14.7. The first-order valence-electron chi connectivity index (χ1n) is 7.65. The van der Waals surface area contributed by atoms with Crippen molar-refractivity contribution in [3.05, 3.63) is 42.5 Å². The van der Waals surface area contributed by atoms with E-state index in [1.807, 2.05) is 36.1 Å². The summed E-state index contributed by atoms with van der Waals surface area (Å²) in [6, 6.07) is 7.69. The Labute approximate surface area is 129 Å². The first-order valence-corrected chi connectivity index (χ1v) is 7.65. The molecule has 1 fully saturated rings. The summed E-state index contributed by atoms with van der Waals surface area (Å²) in [5, 5.41) is 4.10. The molecule has 2 N–H and O–H groups in total. The predicted molar refractivity (Wildman–Crippen MR) is 83.6 cm³/mol. The smallest absolute Gasteiger partial charge is 0.253 e. The van der Waals surface area contributed by atoms with Crippen LogP contribution in [0, 0.1) is 5.92 Å². The number of nitrogens with zero attached hydrogens (tertiary/aromatic N) is 4. The van der Waals surface area contributed by atoms with Crippen LogP contribution in [0.4, 0.5) is 0 Å². The van der Waals surface area contributed by atoms with Crippen molar-refractivity contribution in [2.24, 2.45) is 11.7 Å². The molecule has 6 heteroatoms. The van der Waals surface area contributed by atoms with Crippen molar-refractivity contribution >= 4 is 5.91 Å². The fraction of sp³-hybridized carbons (Fsp3) is 0.438. The normalized spacial score (nSPS) is 17.5. The SMILES string of the molecule is CC(N)C1CCN(C(=O)c2cccc(-n3cncn3)c2)CC1. The summed E-state index contributed by atoms with van der Waals surface area (Å²) >= 11 is 0. The number of amides is 1. The van der Waals surface area contributed by atoms with Gasteiger partial charge in [0, 0.05) is 24.7 Å². The van der Waals surface area contributed by atoms with Gasteiger partial charge in [-0.3, -0.25) is 4.79 Å². The zero-order chi connectivity index (χ0) is 15.5. The zero-order valence-electron chi connectivity index (χ0n) is 12.7. The molecule has 1 saturated heterocycles. The summed E-state index contributed by atoms with van der Waals surface area (Å²) in [6.07, 6.45) is 5.06. The van der Waals surface area contributed by atoms with Crippen molar-refractivity contribution < 1.29 is 4.79 Å². The van der Waals surface area contributed by atoms with E-state index in [1.54, 1.807) is 11.0 Å². The molecular formula is C16H21N5O. The van der Waals surface area contributed by atoms with Crippen molar-refractivity contribution in [1.29, 1.82) is 0 Å². The van der Waals surface area contributed by atoms with E-state index in [4.69, 9.17) is 5.73 Å².